The van der Waals surface area contributed by atoms with Gasteiger partial charge in [-0.25, -0.2) is 0 Å². The highest BCUT2D eigenvalue weighted by Gasteiger charge is 2.31. The first kappa shape index (κ1) is 9.98. The number of amides is 1. The minimum Gasteiger partial charge on any atom is -0.481 e. The fraction of sp³-hybridized carbons (Fsp3) is 0.750. The largest absolute Gasteiger partial charge is 0.481 e. The van der Waals surface area contributed by atoms with Crippen LogP contribution in [0.4, 0.5) is 0 Å². The van der Waals surface area contributed by atoms with Gasteiger partial charge in [-0.3, -0.25) is 9.59 Å². The molecular weight excluding hydrogens is 172 g/mol. The Kier molecular flexibility index (Phi) is 2.87. The van der Waals surface area contributed by atoms with E-state index in [9.17, 15) is 9.59 Å². The normalized spacial score (nSPS) is 24.5. The third-order valence-corrected chi connectivity index (χ3v) is 2.24. The van der Waals surface area contributed by atoms with Gasteiger partial charge < -0.3 is 15.7 Å². The number of carboxylic acids is 1. The van der Waals surface area contributed by atoms with Crippen LogP contribution in [0.5, 0.6) is 0 Å². The number of nitrogens with two attached hydrogens (primary N) is 1. The lowest BCUT2D eigenvalue weighted by molar-refractivity contribution is -0.141. The van der Waals surface area contributed by atoms with Crippen LogP contribution >= 0.6 is 0 Å². The van der Waals surface area contributed by atoms with Gasteiger partial charge in [-0.1, -0.05) is 0 Å². The zero-order chi connectivity index (χ0) is 10.0. The summed E-state index contributed by atoms with van der Waals surface area (Å²) in [4.78, 5) is 23.4. The molecule has 2 atom stereocenters. The van der Waals surface area contributed by atoms with Gasteiger partial charge in [-0.05, 0) is 13.3 Å². The average molecular weight is 186 g/mol. The molecule has 1 fully saturated rings. The SMILES string of the molecule is CC(N)C(=O)N1CCC(C(=O)O)C1. The zero-order valence-electron chi connectivity index (χ0n) is 7.56. The molecule has 5 heteroatoms. The second-order valence-corrected chi connectivity index (χ2v) is 3.40. The molecule has 0 aromatic carbocycles. The number of aliphatic carboxylic acids is 1. The van der Waals surface area contributed by atoms with Crippen molar-refractivity contribution in [3.63, 3.8) is 0 Å². The van der Waals surface area contributed by atoms with E-state index in [1.165, 1.54) is 4.90 Å². The number of nitrogens with zero attached hydrogens (tertiary/aromatic N) is 1. The Hall–Kier alpha value is -1.10. The van der Waals surface area contributed by atoms with Gasteiger partial charge in [0.1, 0.15) is 0 Å². The van der Waals surface area contributed by atoms with Gasteiger partial charge in [-0.15, -0.1) is 0 Å². The van der Waals surface area contributed by atoms with E-state index < -0.39 is 17.9 Å². The average Bonchev–Trinajstić information content (AvgIpc) is 2.50. The molecule has 0 aromatic rings. The predicted molar refractivity (Wildman–Crippen MR) is 46.0 cm³/mol. The highest BCUT2D eigenvalue weighted by Crippen LogP contribution is 2.16. The highest BCUT2D eigenvalue weighted by molar-refractivity contribution is 5.82. The molecule has 1 rings (SSSR count). The van der Waals surface area contributed by atoms with Crippen molar-refractivity contribution < 1.29 is 14.7 Å². The van der Waals surface area contributed by atoms with Gasteiger partial charge in [0.15, 0.2) is 0 Å². The number of hydrogen-bond donors (Lipinski definition) is 2. The number of carbonyl (C=O) groups is 2. The highest BCUT2D eigenvalue weighted by atomic mass is 16.4. The molecule has 0 aliphatic carbocycles. The Balaban J connectivity index is 2.50. The van der Waals surface area contributed by atoms with Gasteiger partial charge in [0.25, 0.3) is 0 Å². The van der Waals surface area contributed by atoms with Crippen molar-refractivity contribution in [1.82, 2.24) is 4.90 Å². The summed E-state index contributed by atoms with van der Waals surface area (Å²) >= 11 is 0. The summed E-state index contributed by atoms with van der Waals surface area (Å²) in [7, 11) is 0. The van der Waals surface area contributed by atoms with E-state index in [1.807, 2.05) is 0 Å². The summed E-state index contributed by atoms with van der Waals surface area (Å²) in [5, 5.41) is 8.68. The van der Waals surface area contributed by atoms with Gasteiger partial charge in [-0.2, -0.15) is 0 Å². The first-order valence-electron chi connectivity index (χ1n) is 4.29. The van der Waals surface area contributed by atoms with Crippen molar-refractivity contribution in [3.8, 4) is 0 Å². The summed E-state index contributed by atoms with van der Waals surface area (Å²) in [5.41, 5.74) is 5.40. The topological polar surface area (TPSA) is 83.6 Å². The number of rotatable bonds is 2. The molecular formula is C8H14N2O3. The molecule has 1 aliphatic heterocycles. The maximum atomic E-state index is 11.3. The number of carboxylic acid groups (broad SMARTS) is 1. The van der Waals surface area contributed by atoms with E-state index in [0.717, 1.165) is 0 Å². The Labute approximate surface area is 76.5 Å². The molecule has 74 valence electrons. The lowest BCUT2D eigenvalue weighted by Crippen LogP contribution is -2.41. The van der Waals surface area contributed by atoms with Crippen LogP contribution < -0.4 is 5.73 Å². The van der Waals surface area contributed by atoms with E-state index in [2.05, 4.69) is 0 Å². The molecule has 0 spiro atoms. The minimum absolute atomic E-state index is 0.163. The molecule has 5 nitrogen and oxygen atoms in total. The monoisotopic (exact) mass is 186 g/mol. The van der Waals surface area contributed by atoms with Crippen LogP contribution in [0.25, 0.3) is 0 Å². The van der Waals surface area contributed by atoms with Crippen LogP contribution in [0, 0.1) is 5.92 Å². The molecule has 0 radical (unpaired) electrons. The Bertz CT molecular complexity index is 227. The second-order valence-electron chi connectivity index (χ2n) is 3.40. The molecule has 0 aromatic heterocycles. The Morgan fingerprint density at radius 3 is 2.62 bits per heavy atom. The van der Waals surface area contributed by atoms with E-state index in [4.69, 9.17) is 10.8 Å². The summed E-state index contributed by atoms with van der Waals surface area (Å²) in [6.07, 6.45) is 0.536. The summed E-state index contributed by atoms with van der Waals surface area (Å²) in [6, 6.07) is -0.535. The molecule has 1 saturated heterocycles. The number of carbonyl (C=O) groups excluding carboxylic acids is 1. The van der Waals surface area contributed by atoms with Crippen molar-refractivity contribution in [2.45, 2.75) is 19.4 Å². The van der Waals surface area contributed by atoms with E-state index >= 15 is 0 Å². The van der Waals surface area contributed by atoms with Crippen LogP contribution in [0.15, 0.2) is 0 Å². The lowest BCUT2D eigenvalue weighted by atomic mass is 10.1. The van der Waals surface area contributed by atoms with Crippen molar-refractivity contribution in [3.05, 3.63) is 0 Å². The van der Waals surface area contributed by atoms with Crippen LogP contribution in [0.2, 0.25) is 0 Å². The quantitative estimate of drug-likeness (QED) is 0.595. The van der Waals surface area contributed by atoms with Crippen LogP contribution in [0.3, 0.4) is 0 Å². The molecule has 1 amide bonds. The minimum atomic E-state index is -0.833. The maximum absolute atomic E-state index is 11.3. The van der Waals surface area contributed by atoms with E-state index in [0.29, 0.717) is 19.5 Å². The van der Waals surface area contributed by atoms with Crippen LogP contribution in [0.1, 0.15) is 13.3 Å². The van der Waals surface area contributed by atoms with Crippen LogP contribution in [-0.2, 0) is 9.59 Å². The van der Waals surface area contributed by atoms with E-state index in [-0.39, 0.29) is 5.91 Å². The molecule has 13 heavy (non-hydrogen) atoms. The predicted octanol–water partition coefficient (Wildman–Crippen LogP) is -0.733. The molecule has 0 saturated carbocycles. The molecule has 0 bridgehead atoms. The third-order valence-electron chi connectivity index (χ3n) is 2.24. The smallest absolute Gasteiger partial charge is 0.308 e. The van der Waals surface area contributed by atoms with Crippen molar-refractivity contribution in [2.75, 3.05) is 13.1 Å². The first-order valence-corrected chi connectivity index (χ1v) is 4.29. The van der Waals surface area contributed by atoms with Gasteiger partial charge in [0.05, 0.1) is 12.0 Å². The molecule has 1 aliphatic rings. The fourth-order valence-corrected chi connectivity index (χ4v) is 1.45. The van der Waals surface area contributed by atoms with Crippen molar-refractivity contribution in [2.24, 2.45) is 11.7 Å². The number of likely N-dealkylation sites (tertiary alicyclic amines) is 1. The van der Waals surface area contributed by atoms with Crippen molar-refractivity contribution >= 4 is 11.9 Å². The molecule has 1 heterocycles. The van der Waals surface area contributed by atoms with Gasteiger partial charge in [0.2, 0.25) is 5.91 Å². The third kappa shape index (κ3) is 2.18. The van der Waals surface area contributed by atoms with Gasteiger partial charge in [0, 0.05) is 13.1 Å². The van der Waals surface area contributed by atoms with Crippen molar-refractivity contribution in [1.29, 1.82) is 0 Å². The first-order chi connectivity index (χ1) is 6.02. The summed E-state index contributed by atoms with van der Waals surface area (Å²) in [5.74, 6) is -1.41. The summed E-state index contributed by atoms with van der Waals surface area (Å²) in [6.45, 7) is 2.42. The number of hydrogen-bond acceptors (Lipinski definition) is 3. The lowest BCUT2D eigenvalue weighted by Gasteiger charge is -2.17. The standard InChI is InChI=1S/C8H14N2O3/c1-5(9)7(11)10-3-2-6(4-10)8(12)13/h5-6H,2-4,9H2,1H3,(H,12,13). The fourth-order valence-electron chi connectivity index (χ4n) is 1.45. The second kappa shape index (κ2) is 3.74. The van der Waals surface area contributed by atoms with E-state index in [1.54, 1.807) is 6.92 Å². The molecule has 3 N–H and O–H groups in total. The zero-order valence-corrected chi connectivity index (χ0v) is 7.56. The molecule has 2 unspecified atom stereocenters. The van der Waals surface area contributed by atoms with Crippen LogP contribution in [-0.4, -0.2) is 41.0 Å². The Morgan fingerprint density at radius 2 is 2.23 bits per heavy atom. The maximum Gasteiger partial charge on any atom is 0.308 e. The Morgan fingerprint density at radius 1 is 1.62 bits per heavy atom. The van der Waals surface area contributed by atoms with Gasteiger partial charge >= 0.3 is 5.97 Å². The summed E-state index contributed by atoms with van der Waals surface area (Å²) < 4.78 is 0.